The number of nitrogens with zero attached hydrogens (tertiary/aromatic N) is 2. The normalized spacial score (nSPS) is 17.3. The second-order valence-corrected chi connectivity index (χ2v) is 5.75. The van der Waals surface area contributed by atoms with Crippen LogP contribution in [-0.2, 0) is 10.0 Å². The summed E-state index contributed by atoms with van der Waals surface area (Å²) in [6.07, 6.45) is 1.50. The van der Waals surface area contributed by atoms with E-state index < -0.39 is 10.0 Å². The Balaban J connectivity index is 2.87. The van der Waals surface area contributed by atoms with Crippen LogP contribution in [0.4, 0.5) is 0 Å². The van der Waals surface area contributed by atoms with Gasteiger partial charge in [-0.05, 0) is 34.7 Å². The molecule has 1 N–H and O–H groups in total. The zero-order chi connectivity index (χ0) is 11.2. The molecule has 0 aliphatic carbocycles. The Kier molecular flexibility index (Phi) is 2.20. The monoisotopic (exact) mass is 333 g/mol. The molecule has 7 heteroatoms. The molecular formula is C8H4IN3O2S. The van der Waals surface area contributed by atoms with Gasteiger partial charge in [-0.2, -0.15) is 18.0 Å². The first-order valence-corrected chi connectivity index (χ1v) is 6.34. The van der Waals surface area contributed by atoms with Crippen molar-refractivity contribution in [3.05, 3.63) is 27.3 Å². The SMILES string of the molecule is N#CN1C(=N)c2c(I)cccc2S1(=O)=O. The standard InChI is InChI=1S/C8H4IN3O2S/c9-5-2-1-3-6-7(5)8(11)12(4-10)15(6,13)14/h1-3,11H. The number of halogens is 1. The molecule has 0 unspecified atom stereocenters. The molecule has 0 amide bonds. The predicted molar refractivity (Wildman–Crippen MR) is 60.6 cm³/mol. The van der Waals surface area contributed by atoms with Crippen LogP contribution in [0.2, 0.25) is 0 Å². The highest BCUT2D eigenvalue weighted by atomic mass is 127. The highest BCUT2D eigenvalue weighted by molar-refractivity contribution is 14.1. The third kappa shape index (κ3) is 1.25. The van der Waals surface area contributed by atoms with Gasteiger partial charge in [-0.1, -0.05) is 6.07 Å². The zero-order valence-electron chi connectivity index (χ0n) is 7.23. The van der Waals surface area contributed by atoms with Crippen molar-refractivity contribution in [3.63, 3.8) is 0 Å². The van der Waals surface area contributed by atoms with Gasteiger partial charge in [-0.25, -0.2) is 0 Å². The molecule has 76 valence electrons. The number of rotatable bonds is 0. The van der Waals surface area contributed by atoms with Crippen molar-refractivity contribution in [2.24, 2.45) is 0 Å². The van der Waals surface area contributed by atoms with E-state index in [-0.39, 0.29) is 10.7 Å². The van der Waals surface area contributed by atoms with Crippen LogP contribution in [0.25, 0.3) is 0 Å². The number of fused-ring (bicyclic) bond motifs is 1. The van der Waals surface area contributed by atoms with Crippen molar-refractivity contribution < 1.29 is 8.42 Å². The Morgan fingerprint density at radius 2 is 2.13 bits per heavy atom. The van der Waals surface area contributed by atoms with Gasteiger partial charge in [0, 0.05) is 3.57 Å². The van der Waals surface area contributed by atoms with Gasteiger partial charge in [-0.3, -0.25) is 5.41 Å². The number of nitrogens with one attached hydrogen (secondary N) is 1. The summed E-state index contributed by atoms with van der Waals surface area (Å²) in [5.41, 5.74) is 0.305. The van der Waals surface area contributed by atoms with Crippen molar-refractivity contribution in [2.45, 2.75) is 4.90 Å². The Morgan fingerprint density at radius 1 is 1.47 bits per heavy atom. The van der Waals surface area contributed by atoms with E-state index in [0.717, 1.165) is 0 Å². The lowest BCUT2D eigenvalue weighted by molar-refractivity contribution is 0.571. The second-order valence-electron chi connectivity index (χ2n) is 2.83. The third-order valence-electron chi connectivity index (χ3n) is 2.02. The fraction of sp³-hybridized carbons (Fsp3) is 0. The summed E-state index contributed by atoms with van der Waals surface area (Å²) >= 11 is 1.94. The maximum atomic E-state index is 11.7. The van der Waals surface area contributed by atoms with Crippen LogP contribution in [0.1, 0.15) is 5.56 Å². The highest BCUT2D eigenvalue weighted by Crippen LogP contribution is 2.32. The number of hydrogen-bond acceptors (Lipinski definition) is 4. The molecule has 0 saturated heterocycles. The molecule has 0 bridgehead atoms. The fourth-order valence-electron chi connectivity index (χ4n) is 1.37. The number of benzene rings is 1. The maximum Gasteiger partial charge on any atom is 0.279 e. The van der Waals surface area contributed by atoms with E-state index in [1.54, 1.807) is 12.1 Å². The minimum Gasteiger partial charge on any atom is -0.282 e. The first kappa shape index (κ1) is 10.4. The first-order chi connectivity index (χ1) is 7.00. The van der Waals surface area contributed by atoms with E-state index in [9.17, 15) is 8.42 Å². The van der Waals surface area contributed by atoms with Crippen LogP contribution in [0, 0.1) is 20.4 Å². The smallest absolute Gasteiger partial charge is 0.279 e. The van der Waals surface area contributed by atoms with Crippen LogP contribution in [0.5, 0.6) is 0 Å². The van der Waals surface area contributed by atoms with Gasteiger partial charge in [0.2, 0.25) is 6.19 Å². The molecule has 1 aromatic carbocycles. The Morgan fingerprint density at radius 3 is 2.67 bits per heavy atom. The van der Waals surface area contributed by atoms with Gasteiger partial charge in [0.05, 0.1) is 5.56 Å². The molecule has 0 saturated carbocycles. The van der Waals surface area contributed by atoms with E-state index in [0.29, 0.717) is 13.4 Å². The maximum absolute atomic E-state index is 11.7. The molecule has 0 aromatic heterocycles. The fourth-order valence-corrected chi connectivity index (χ4v) is 3.66. The lowest BCUT2D eigenvalue weighted by Gasteiger charge is -2.03. The van der Waals surface area contributed by atoms with Gasteiger partial charge >= 0.3 is 0 Å². The van der Waals surface area contributed by atoms with E-state index in [2.05, 4.69) is 0 Å². The third-order valence-corrected chi connectivity index (χ3v) is 4.56. The van der Waals surface area contributed by atoms with Gasteiger partial charge in [0.15, 0.2) is 5.84 Å². The summed E-state index contributed by atoms with van der Waals surface area (Å²) in [5, 5.41) is 16.3. The molecule has 1 aliphatic rings. The lowest BCUT2D eigenvalue weighted by Crippen LogP contribution is -2.24. The summed E-state index contributed by atoms with van der Waals surface area (Å²) in [4.78, 5) is 0.0287. The van der Waals surface area contributed by atoms with Crippen molar-refractivity contribution in [3.8, 4) is 6.19 Å². The quantitative estimate of drug-likeness (QED) is 0.570. The summed E-state index contributed by atoms with van der Waals surface area (Å²) in [6, 6.07) is 4.69. The van der Waals surface area contributed by atoms with E-state index in [1.807, 2.05) is 22.6 Å². The Labute approximate surface area is 100 Å². The van der Waals surface area contributed by atoms with E-state index >= 15 is 0 Å². The second kappa shape index (κ2) is 3.18. The predicted octanol–water partition coefficient (Wildman–Crippen LogP) is 1.10. The molecule has 1 aliphatic heterocycles. The largest absolute Gasteiger partial charge is 0.282 e. The number of nitriles is 1. The molecule has 0 spiro atoms. The molecule has 1 aromatic rings. The topological polar surface area (TPSA) is 85.0 Å². The Bertz CT molecular complexity index is 603. The van der Waals surface area contributed by atoms with Crippen molar-refractivity contribution >= 4 is 38.4 Å². The summed E-state index contributed by atoms with van der Waals surface area (Å²) < 4.78 is 24.6. The number of amidine groups is 1. The average Bonchev–Trinajstić information content (AvgIpc) is 2.36. The molecule has 0 atom stereocenters. The number of hydrogen-bond donors (Lipinski definition) is 1. The van der Waals surface area contributed by atoms with Crippen molar-refractivity contribution in [1.82, 2.24) is 4.31 Å². The van der Waals surface area contributed by atoms with Gasteiger partial charge in [-0.15, -0.1) is 0 Å². The first-order valence-electron chi connectivity index (χ1n) is 3.82. The van der Waals surface area contributed by atoms with Crippen LogP contribution >= 0.6 is 22.6 Å². The van der Waals surface area contributed by atoms with Crippen LogP contribution in [0.3, 0.4) is 0 Å². The Hall–Kier alpha value is -1.14. The molecule has 5 nitrogen and oxygen atoms in total. The lowest BCUT2D eigenvalue weighted by atomic mass is 10.2. The average molecular weight is 333 g/mol. The molecule has 2 rings (SSSR count). The zero-order valence-corrected chi connectivity index (χ0v) is 10.2. The summed E-state index contributed by atoms with van der Waals surface area (Å²) in [5.74, 6) is -0.280. The highest BCUT2D eigenvalue weighted by Gasteiger charge is 2.40. The van der Waals surface area contributed by atoms with E-state index in [4.69, 9.17) is 10.7 Å². The van der Waals surface area contributed by atoms with Crippen LogP contribution in [0.15, 0.2) is 23.1 Å². The minimum atomic E-state index is -3.83. The van der Waals surface area contributed by atoms with E-state index in [1.165, 1.54) is 12.3 Å². The molecular weight excluding hydrogens is 329 g/mol. The summed E-state index contributed by atoms with van der Waals surface area (Å²) in [7, 11) is -3.83. The van der Waals surface area contributed by atoms with Gasteiger partial charge in [0.25, 0.3) is 10.0 Å². The van der Waals surface area contributed by atoms with Crippen LogP contribution < -0.4 is 0 Å². The summed E-state index contributed by atoms with van der Waals surface area (Å²) in [6.45, 7) is 0. The molecule has 0 radical (unpaired) electrons. The minimum absolute atomic E-state index is 0.0287. The van der Waals surface area contributed by atoms with Gasteiger partial charge in [0.1, 0.15) is 4.90 Å². The van der Waals surface area contributed by atoms with Crippen molar-refractivity contribution in [2.75, 3.05) is 0 Å². The molecule has 1 heterocycles. The number of sulfonamides is 1. The van der Waals surface area contributed by atoms with Crippen molar-refractivity contribution in [1.29, 1.82) is 10.7 Å². The van der Waals surface area contributed by atoms with Gasteiger partial charge < -0.3 is 0 Å². The van der Waals surface area contributed by atoms with Crippen LogP contribution in [-0.4, -0.2) is 18.6 Å². The molecule has 0 fully saturated rings. The molecule has 15 heavy (non-hydrogen) atoms.